The molecule has 0 aromatic heterocycles. The molecule has 0 spiro atoms. The van der Waals surface area contributed by atoms with Crippen LogP contribution in [0.4, 0.5) is 5.69 Å². The van der Waals surface area contributed by atoms with Crippen molar-refractivity contribution in [1.82, 2.24) is 0 Å². The third-order valence-electron chi connectivity index (χ3n) is 6.74. The summed E-state index contributed by atoms with van der Waals surface area (Å²) in [5.41, 5.74) is 0.586. The molecule has 1 aromatic rings. The number of hydrogen-bond donors (Lipinski definition) is 0. The molecule has 2 bridgehead atoms. The molecule has 5 nitrogen and oxygen atoms in total. The Morgan fingerprint density at radius 2 is 1.57 bits per heavy atom. The van der Waals surface area contributed by atoms with Gasteiger partial charge in [0, 0.05) is 6.42 Å². The summed E-state index contributed by atoms with van der Waals surface area (Å²) in [6.45, 7) is 2.16. The highest BCUT2D eigenvalue weighted by Gasteiger charge is 2.61. The summed E-state index contributed by atoms with van der Waals surface area (Å²) in [6.07, 6.45) is 9.03. The van der Waals surface area contributed by atoms with E-state index in [1.807, 2.05) is 0 Å². The van der Waals surface area contributed by atoms with Crippen molar-refractivity contribution in [2.45, 2.75) is 64.7 Å². The molecule has 3 aliphatic rings. The zero-order valence-corrected chi connectivity index (χ0v) is 16.6. The first kappa shape index (κ1) is 19.2. The van der Waals surface area contributed by atoms with Crippen LogP contribution < -0.4 is 9.64 Å². The van der Waals surface area contributed by atoms with Crippen molar-refractivity contribution in [2.24, 2.45) is 23.7 Å². The number of esters is 1. The van der Waals surface area contributed by atoms with Gasteiger partial charge in [0.15, 0.2) is 0 Å². The molecule has 2 aliphatic carbocycles. The Morgan fingerprint density at radius 1 is 0.964 bits per heavy atom. The van der Waals surface area contributed by atoms with Gasteiger partial charge in [-0.2, -0.15) is 0 Å². The lowest BCUT2D eigenvalue weighted by Crippen LogP contribution is -2.32. The van der Waals surface area contributed by atoms with Crippen molar-refractivity contribution in [3.8, 4) is 5.75 Å². The van der Waals surface area contributed by atoms with Crippen LogP contribution in [0.15, 0.2) is 24.3 Å². The van der Waals surface area contributed by atoms with Gasteiger partial charge in [0.05, 0.1) is 17.5 Å². The number of benzene rings is 1. The van der Waals surface area contributed by atoms with Crippen LogP contribution >= 0.6 is 0 Å². The van der Waals surface area contributed by atoms with Crippen LogP contribution in [0.25, 0.3) is 0 Å². The molecule has 4 unspecified atom stereocenters. The number of rotatable bonds is 8. The Labute approximate surface area is 166 Å². The minimum absolute atomic E-state index is 0.0426. The Kier molecular flexibility index (Phi) is 5.51. The van der Waals surface area contributed by atoms with E-state index in [2.05, 4.69) is 6.92 Å². The summed E-state index contributed by atoms with van der Waals surface area (Å²) in [5.74, 6) is 0.680. The van der Waals surface area contributed by atoms with E-state index >= 15 is 0 Å². The predicted octanol–water partition coefficient (Wildman–Crippen LogP) is 4.49. The first-order valence-electron chi connectivity index (χ1n) is 10.8. The largest absolute Gasteiger partial charge is 0.427 e. The van der Waals surface area contributed by atoms with Crippen molar-refractivity contribution in [3.05, 3.63) is 24.3 Å². The smallest absolute Gasteiger partial charge is 0.311 e. The van der Waals surface area contributed by atoms with E-state index in [0.717, 1.165) is 38.5 Å². The Hall–Kier alpha value is -2.17. The normalized spacial score (nSPS) is 28.1. The van der Waals surface area contributed by atoms with E-state index in [-0.39, 0.29) is 29.6 Å². The lowest BCUT2D eigenvalue weighted by Gasteiger charge is -2.19. The second-order valence-corrected chi connectivity index (χ2v) is 8.53. The van der Waals surface area contributed by atoms with Gasteiger partial charge in [0.2, 0.25) is 11.8 Å². The maximum Gasteiger partial charge on any atom is 0.311 e. The van der Waals surface area contributed by atoms with Crippen LogP contribution in [0, 0.1) is 23.7 Å². The minimum Gasteiger partial charge on any atom is -0.427 e. The molecule has 1 heterocycles. The highest BCUT2D eigenvalue weighted by molar-refractivity contribution is 6.22. The van der Waals surface area contributed by atoms with Crippen LogP contribution in [0.3, 0.4) is 0 Å². The molecule has 2 saturated carbocycles. The molecule has 1 saturated heterocycles. The average Bonchev–Trinajstić information content (AvgIpc) is 3.36. The van der Waals surface area contributed by atoms with E-state index in [1.54, 1.807) is 24.3 Å². The third-order valence-corrected chi connectivity index (χ3v) is 6.74. The molecule has 0 N–H and O–H groups in total. The fourth-order valence-electron chi connectivity index (χ4n) is 5.38. The zero-order chi connectivity index (χ0) is 19.7. The molecule has 3 fully saturated rings. The van der Waals surface area contributed by atoms with Gasteiger partial charge in [-0.1, -0.05) is 32.6 Å². The standard InChI is InChI=1S/C23H29NO4/c1-2-3-4-5-6-7-19(25)28-18-12-10-17(11-13-18)24-22(26)20-15-8-9-16(14-15)21(20)23(24)27/h10-13,15-16,20-21H,2-9,14H2,1H3. The number of imide groups is 1. The first-order chi connectivity index (χ1) is 13.6. The van der Waals surface area contributed by atoms with E-state index in [9.17, 15) is 14.4 Å². The molecule has 5 heteroatoms. The predicted molar refractivity (Wildman–Crippen MR) is 106 cm³/mol. The topological polar surface area (TPSA) is 63.7 Å². The van der Waals surface area contributed by atoms with Gasteiger partial charge in [-0.25, -0.2) is 0 Å². The lowest BCUT2D eigenvalue weighted by atomic mass is 9.81. The maximum atomic E-state index is 12.9. The number of anilines is 1. The van der Waals surface area contributed by atoms with E-state index < -0.39 is 0 Å². The quantitative estimate of drug-likeness (QED) is 0.287. The Bertz CT molecular complexity index is 728. The molecule has 4 atom stereocenters. The molecule has 150 valence electrons. The number of carbonyl (C=O) groups excluding carboxylic acids is 3. The number of fused-ring (bicyclic) bond motifs is 5. The van der Waals surface area contributed by atoms with Crippen molar-refractivity contribution in [2.75, 3.05) is 4.90 Å². The number of ether oxygens (including phenoxy) is 1. The van der Waals surface area contributed by atoms with Crippen LogP contribution in [-0.4, -0.2) is 17.8 Å². The fourth-order valence-corrected chi connectivity index (χ4v) is 5.38. The second-order valence-electron chi connectivity index (χ2n) is 8.53. The molecule has 1 aromatic carbocycles. The second kappa shape index (κ2) is 8.06. The number of unbranched alkanes of at least 4 members (excludes halogenated alkanes) is 4. The maximum absolute atomic E-state index is 12.9. The fraction of sp³-hybridized carbons (Fsp3) is 0.609. The molecule has 28 heavy (non-hydrogen) atoms. The number of amides is 2. The summed E-state index contributed by atoms with van der Waals surface area (Å²) < 4.78 is 5.38. The zero-order valence-electron chi connectivity index (χ0n) is 16.6. The van der Waals surface area contributed by atoms with Crippen molar-refractivity contribution >= 4 is 23.5 Å². The van der Waals surface area contributed by atoms with Gasteiger partial charge in [-0.15, -0.1) is 0 Å². The van der Waals surface area contributed by atoms with Gasteiger partial charge in [-0.3, -0.25) is 19.3 Å². The highest BCUT2D eigenvalue weighted by Crippen LogP contribution is 2.56. The molecule has 4 rings (SSSR count). The highest BCUT2D eigenvalue weighted by atomic mass is 16.5. The number of nitrogens with zero attached hydrogens (tertiary/aromatic N) is 1. The van der Waals surface area contributed by atoms with Crippen molar-refractivity contribution in [3.63, 3.8) is 0 Å². The van der Waals surface area contributed by atoms with Crippen LogP contribution in [0.1, 0.15) is 64.7 Å². The van der Waals surface area contributed by atoms with E-state index in [1.165, 1.54) is 17.7 Å². The monoisotopic (exact) mass is 383 g/mol. The first-order valence-corrected chi connectivity index (χ1v) is 10.8. The van der Waals surface area contributed by atoms with Crippen LogP contribution in [0.2, 0.25) is 0 Å². The molecule has 2 amide bonds. The van der Waals surface area contributed by atoms with E-state index in [0.29, 0.717) is 29.7 Å². The third kappa shape index (κ3) is 3.47. The summed E-state index contributed by atoms with van der Waals surface area (Å²) >= 11 is 0. The lowest BCUT2D eigenvalue weighted by molar-refractivity contribution is -0.134. The SMILES string of the molecule is CCCCCCCC(=O)Oc1ccc(N2C(=O)C3C4CCC(C4)C3C2=O)cc1. The summed E-state index contributed by atoms with van der Waals surface area (Å²) in [4.78, 5) is 39.0. The average molecular weight is 383 g/mol. The van der Waals surface area contributed by atoms with Gasteiger partial charge in [0.1, 0.15) is 5.75 Å². The molecular formula is C23H29NO4. The van der Waals surface area contributed by atoms with Crippen LogP contribution in [0.5, 0.6) is 5.75 Å². The molecular weight excluding hydrogens is 354 g/mol. The summed E-state index contributed by atoms with van der Waals surface area (Å²) in [7, 11) is 0. The number of hydrogen-bond acceptors (Lipinski definition) is 4. The van der Waals surface area contributed by atoms with Crippen molar-refractivity contribution in [1.29, 1.82) is 0 Å². The number of carbonyl (C=O) groups is 3. The summed E-state index contributed by atoms with van der Waals surface area (Å²) in [5, 5.41) is 0. The van der Waals surface area contributed by atoms with Crippen molar-refractivity contribution < 1.29 is 19.1 Å². The van der Waals surface area contributed by atoms with Gasteiger partial charge in [0.25, 0.3) is 0 Å². The Morgan fingerprint density at radius 3 is 2.18 bits per heavy atom. The van der Waals surface area contributed by atoms with Crippen LogP contribution in [-0.2, 0) is 14.4 Å². The van der Waals surface area contributed by atoms with E-state index in [4.69, 9.17) is 4.74 Å². The minimum atomic E-state index is -0.233. The summed E-state index contributed by atoms with van der Waals surface area (Å²) in [6, 6.07) is 6.77. The van der Waals surface area contributed by atoms with Gasteiger partial charge < -0.3 is 4.74 Å². The van der Waals surface area contributed by atoms with Gasteiger partial charge >= 0.3 is 5.97 Å². The Balaban J connectivity index is 1.34. The van der Waals surface area contributed by atoms with Gasteiger partial charge in [-0.05, 0) is 61.8 Å². The molecule has 1 aliphatic heterocycles. The molecule has 0 radical (unpaired) electrons.